The number of rotatable bonds is 6. The van der Waals surface area contributed by atoms with Crippen molar-refractivity contribution in [2.45, 2.75) is 25.8 Å². The molecule has 0 saturated heterocycles. The summed E-state index contributed by atoms with van der Waals surface area (Å²) in [6.07, 6.45) is 3.92. The van der Waals surface area contributed by atoms with Crippen molar-refractivity contribution >= 4 is 0 Å². The Balaban J connectivity index is 2.36. The number of ether oxygens (including phenoxy) is 2. The lowest BCUT2D eigenvalue weighted by molar-refractivity contribution is -0.119. The number of nitrogens with one attached hydrogen (secondary N) is 1. The number of methoxy groups -OCH3 is 2. The Kier molecular flexibility index (Phi) is 4.81. The molecule has 0 radical (unpaired) electrons. The molecule has 1 atom stereocenters. The number of hydrogen-bond acceptors (Lipinski definition) is 3. The van der Waals surface area contributed by atoms with Gasteiger partial charge in [-0.3, -0.25) is 0 Å². The molecule has 1 unspecified atom stereocenters. The lowest BCUT2D eigenvalue weighted by atomic mass is 10.3. The first-order valence-electron chi connectivity index (χ1n) is 5.07. The van der Waals surface area contributed by atoms with E-state index in [9.17, 15) is 0 Å². The largest absolute Gasteiger partial charge is 0.357 e. The summed E-state index contributed by atoms with van der Waals surface area (Å²) in [5.41, 5.74) is 1.26. The molecule has 15 heavy (non-hydrogen) atoms. The van der Waals surface area contributed by atoms with Gasteiger partial charge >= 0.3 is 0 Å². The highest BCUT2D eigenvalue weighted by Crippen LogP contribution is 2.02. The minimum Gasteiger partial charge on any atom is -0.357 e. The molecule has 0 aliphatic carbocycles. The fourth-order valence-corrected chi connectivity index (χ4v) is 1.55. The molecule has 1 rings (SSSR count). The van der Waals surface area contributed by atoms with E-state index in [1.54, 1.807) is 14.2 Å². The molecule has 0 amide bonds. The lowest BCUT2D eigenvalue weighted by Gasteiger charge is -2.21. The SMILES string of the molecule is COC(OC)C(C)NCc1ccn(C)c1. The van der Waals surface area contributed by atoms with E-state index in [-0.39, 0.29) is 12.3 Å². The summed E-state index contributed by atoms with van der Waals surface area (Å²) < 4.78 is 12.4. The second kappa shape index (κ2) is 5.90. The first-order chi connectivity index (χ1) is 7.17. The maximum Gasteiger partial charge on any atom is 0.171 e. The van der Waals surface area contributed by atoms with Crippen LogP contribution >= 0.6 is 0 Å². The second-order valence-corrected chi connectivity index (χ2v) is 3.69. The first-order valence-corrected chi connectivity index (χ1v) is 5.07. The Hall–Kier alpha value is -0.840. The van der Waals surface area contributed by atoms with E-state index in [0.29, 0.717) is 0 Å². The highest BCUT2D eigenvalue weighted by Gasteiger charge is 2.14. The van der Waals surface area contributed by atoms with Gasteiger partial charge in [-0.2, -0.15) is 0 Å². The summed E-state index contributed by atoms with van der Waals surface area (Å²) in [4.78, 5) is 0. The maximum absolute atomic E-state index is 5.16. The molecule has 86 valence electrons. The van der Waals surface area contributed by atoms with Crippen molar-refractivity contribution in [3.05, 3.63) is 24.0 Å². The average Bonchev–Trinajstić information content (AvgIpc) is 2.63. The van der Waals surface area contributed by atoms with Crippen molar-refractivity contribution in [3.63, 3.8) is 0 Å². The smallest absolute Gasteiger partial charge is 0.171 e. The van der Waals surface area contributed by atoms with Gasteiger partial charge in [-0.05, 0) is 18.6 Å². The van der Waals surface area contributed by atoms with Gasteiger partial charge in [0.05, 0.1) is 6.04 Å². The maximum atomic E-state index is 5.16. The molecule has 4 nitrogen and oxygen atoms in total. The van der Waals surface area contributed by atoms with Crippen molar-refractivity contribution in [2.75, 3.05) is 14.2 Å². The van der Waals surface area contributed by atoms with Crippen molar-refractivity contribution in [1.82, 2.24) is 9.88 Å². The Morgan fingerprint density at radius 3 is 2.53 bits per heavy atom. The van der Waals surface area contributed by atoms with E-state index in [0.717, 1.165) is 6.54 Å². The third-order valence-corrected chi connectivity index (χ3v) is 2.39. The molecule has 1 N–H and O–H groups in total. The van der Waals surface area contributed by atoms with Crippen LogP contribution < -0.4 is 5.32 Å². The fourth-order valence-electron chi connectivity index (χ4n) is 1.55. The molecule has 1 aromatic heterocycles. The van der Waals surface area contributed by atoms with E-state index < -0.39 is 0 Å². The molecule has 4 heteroatoms. The van der Waals surface area contributed by atoms with Crippen molar-refractivity contribution < 1.29 is 9.47 Å². The summed E-state index contributed by atoms with van der Waals surface area (Å²) in [6, 6.07) is 2.26. The van der Waals surface area contributed by atoms with Crippen LogP contribution in [0.2, 0.25) is 0 Å². The second-order valence-electron chi connectivity index (χ2n) is 3.69. The van der Waals surface area contributed by atoms with Gasteiger partial charge in [0.2, 0.25) is 0 Å². The highest BCUT2D eigenvalue weighted by atomic mass is 16.7. The van der Waals surface area contributed by atoms with E-state index in [2.05, 4.69) is 17.6 Å². The third kappa shape index (κ3) is 3.66. The fraction of sp³-hybridized carbons (Fsp3) is 0.636. The topological polar surface area (TPSA) is 35.4 Å². The van der Waals surface area contributed by atoms with Gasteiger partial charge < -0.3 is 19.4 Å². The third-order valence-electron chi connectivity index (χ3n) is 2.39. The van der Waals surface area contributed by atoms with Gasteiger partial charge in [-0.25, -0.2) is 0 Å². The van der Waals surface area contributed by atoms with Gasteiger partial charge in [-0.1, -0.05) is 0 Å². The lowest BCUT2D eigenvalue weighted by Crippen LogP contribution is -2.39. The molecule has 0 aliphatic heterocycles. The molecule has 0 spiro atoms. The van der Waals surface area contributed by atoms with E-state index in [4.69, 9.17) is 9.47 Å². The summed E-state index contributed by atoms with van der Waals surface area (Å²) in [7, 11) is 5.31. The number of hydrogen-bond donors (Lipinski definition) is 1. The van der Waals surface area contributed by atoms with Crippen LogP contribution in [0, 0.1) is 0 Å². The number of nitrogens with zero attached hydrogens (tertiary/aromatic N) is 1. The molecule has 1 heterocycles. The highest BCUT2D eigenvalue weighted by molar-refractivity contribution is 5.09. The van der Waals surface area contributed by atoms with Crippen LogP contribution in [0.1, 0.15) is 12.5 Å². The van der Waals surface area contributed by atoms with Crippen LogP contribution in [0.15, 0.2) is 18.5 Å². The zero-order chi connectivity index (χ0) is 11.3. The first kappa shape index (κ1) is 12.2. The van der Waals surface area contributed by atoms with Crippen molar-refractivity contribution in [1.29, 1.82) is 0 Å². The monoisotopic (exact) mass is 212 g/mol. The van der Waals surface area contributed by atoms with Crippen LogP contribution in [0.5, 0.6) is 0 Å². The van der Waals surface area contributed by atoms with Crippen LogP contribution in [0.4, 0.5) is 0 Å². The van der Waals surface area contributed by atoms with Crippen LogP contribution in [0.25, 0.3) is 0 Å². The Bertz CT molecular complexity index is 282. The molecule has 0 aromatic carbocycles. The number of aryl methyl sites for hydroxylation is 1. The molecule has 0 bridgehead atoms. The van der Waals surface area contributed by atoms with Crippen molar-refractivity contribution in [2.24, 2.45) is 7.05 Å². The minimum atomic E-state index is -0.200. The Labute approximate surface area is 91.2 Å². The van der Waals surface area contributed by atoms with Crippen LogP contribution in [-0.4, -0.2) is 31.1 Å². The summed E-state index contributed by atoms with van der Waals surface area (Å²) in [5, 5.41) is 3.35. The number of aromatic nitrogens is 1. The minimum absolute atomic E-state index is 0.167. The standard InChI is InChI=1S/C11H20N2O2/c1-9(11(14-3)15-4)12-7-10-5-6-13(2)8-10/h5-6,8-9,11-12H,7H2,1-4H3. The van der Waals surface area contributed by atoms with Gasteiger partial charge in [0.25, 0.3) is 0 Å². The molecular weight excluding hydrogens is 192 g/mol. The van der Waals surface area contributed by atoms with E-state index in [1.165, 1.54) is 5.56 Å². The normalized spacial score (nSPS) is 13.4. The Morgan fingerprint density at radius 2 is 2.07 bits per heavy atom. The van der Waals surface area contributed by atoms with Crippen molar-refractivity contribution in [3.8, 4) is 0 Å². The Morgan fingerprint density at radius 1 is 1.40 bits per heavy atom. The molecular formula is C11H20N2O2. The van der Waals surface area contributed by atoms with Gasteiger partial charge in [0.1, 0.15) is 0 Å². The van der Waals surface area contributed by atoms with Gasteiger partial charge in [0, 0.05) is 40.2 Å². The van der Waals surface area contributed by atoms with Gasteiger partial charge in [-0.15, -0.1) is 0 Å². The summed E-state index contributed by atoms with van der Waals surface area (Å²) in [6.45, 7) is 2.87. The quantitative estimate of drug-likeness (QED) is 0.718. The average molecular weight is 212 g/mol. The molecule has 0 fully saturated rings. The van der Waals surface area contributed by atoms with Crippen LogP contribution in [0.3, 0.4) is 0 Å². The zero-order valence-electron chi connectivity index (χ0n) is 9.86. The predicted molar refractivity (Wildman–Crippen MR) is 59.5 cm³/mol. The zero-order valence-corrected chi connectivity index (χ0v) is 9.86. The van der Waals surface area contributed by atoms with Crippen LogP contribution in [-0.2, 0) is 23.1 Å². The van der Waals surface area contributed by atoms with Gasteiger partial charge in [0.15, 0.2) is 6.29 Å². The van der Waals surface area contributed by atoms with E-state index in [1.807, 2.05) is 24.7 Å². The molecule has 0 saturated carbocycles. The summed E-state index contributed by atoms with van der Waals surface area (Å²) >= 11 is 0. The molecule has 0 aliphatic rings. The summed E-state index contributed by atoms with van der Waals surface area (Å²) in [5.74, 6) is 0. The van der Waals surface area contributed by atoms with E-state index >= 15 is 0 Å². The predicted octanol–water partition coefficient (Wildman–Crippen LogP) is 1.12. The molecule has 1 aromatic rings.